The lowest BCUT2D eigenvalue weighted by molar-refractivity contribution is 0.0696. The Morgan fingerprint density at radius 3 is 2.53 bits per heavy atom. The van der Waals surface area contributed by atoms with Crippen molar-refractivity contribution in [1.29, 1.82) is 0 Å². The van der Waals surface area contributed by atoms with Gasteiger partial charge in [-0.25, -0.2) is 14.8 Å². The van der Waals surface area contributed by atoms with Crippen LogP contribution in [0.25, 0.3) is 0 Å². The lowest BCUT2D eigenvalue weighted by Crippen LogP contribution is -2.13. The van der Waals surface area contributed by atoms with Gasteiger partial charge in [0.1, 0.15) is 10.7 Å². The maximum atomic E-state index is 12.0. The fourth-order valence-electron chi connectivity index (χ4n) is 1.51. The molecule has 0 bridgehead atoms. The van der Waals surface area contributed by atoms with Gasteiger partial charge in [-0.05, 0) is 26.0 Å². The predicted molar refractivity (Wildman–Crippen MR) is 70.7 cm³/mol. The molecule has 0 radical (unpaired) electrons. The minimum Gasteiger partial charge on any atom is -0.478 e. The second kappa shape index (κ2) is 5.15. The van der Waals surface area contributed by atoms with Crippen molar-refractivity contribution in [2.75, 3.05) is 5.32 Å². The number of hydrogen-bond donors (Lipinski definition) is 2. The Balaban J connectivity index is 2.15. The van der Waals surface area contributed by atoms with Gasteiger partial charge in [-0.1, -0.05) is 0 Å². The van der Waals surface area contributed by atoms with E-state index in [1.54, 1.807) is 6.92 Å². The first-order valence-electron chi connectivity index (χ1n) is 5.42. The molecule has 0 spiro atoms. The molecule has 6 nitrogen and oxygen atoms in total. The van der Waals surface area contributed by atoms with Crippen molar-refractivity contribution in [2.24, 2.45) is 0 Å². The number of carbonyl (C=O) groups excluding carboxylic acids is 1. The summed E-state index contributed by atoms with van der Waals surface area (Å²) < 4.78 is 0. The zero-order valence-electron chi connectivity index (χ0n) is 10.3. The highest BCUT2D eigenvalue weighted by Gasteiger charge is 2.14. The number of carboxylic acid groups (broad SMARTS) is 1. The summed E-state index contributed by atoms with van der Waals surface area (Å²) in [6.07, 6.45) is 1.20. The fourth-order valence-corrected chi connectivity index (χ4v) is 2.32. The van der Waals surface area contributed by atoms with Crippen LogP contribution in [0, 0.1) is 13.8 Å². The summed E-state index contributed by atoms with van der Waals surface area (Å²) in [6.45, 7) is 3.59. The van der Waals surface area contributed by atoms with Gasteiger partial charge < -0.3 is 10.4 Å². The first kappa shape index (κ1) is 13.2. The molecule has 98 valence electrons. The van der Waals surface area contributed by atoms with E-state index in [1.807, 2.05) is 6.92 Å². The number of hydrogen-bond acceptors (Lipinski definition) is 5. The van der Waals surface area contributed by atoms with E-state index in [4.69, 9.17) is 5.11 Å². The van der Waals surface area contributed by atoms with Gasteiger partial charge in [-0.15, -0.1) is 11.3 Å². The second-order valence-corrected chi connectivity index (χ2v) is 5.04. The lowest BCUT2D eigenvalue weighted by Gasteiger charge is -2.03. The first-order valence-corrected chi connectivity index (χ1v) is 6.23. The Morgan fingerprint density at radius 1 is 1.32 bits per heavy atom. The van der Waals surface area contributed by atoms with Crippen LogP contribution in [0.15, 0.2) is 18.3 Å². The highest BCUT2D eigenvalue weighted by atomic mass is 32.1. The molecule has 0 aromatic carbocycles. The third-order valence-electron chi connectivity index (χ3n) is 2.36. The van der Waals surface area contributed by atoms with Crippen LogP contribution in [-0.4, -0.2) is 27.0 Å². The monoisotopic (exact) mass is 277 g/mol. The van der Waals surface area contributed by atoms with Crippen molar-refractivity contribution in [3.63, 3.8) is 0 Å². The molecule has 2 rings (SSSR count). The molecular formula is C12H11N3O3S. The topological polar surface area (TPSA) is 92.2 Å². The Morgan fingerprint density at radius 2 is 2.05 bits per heavy atom. The van der Waals surface area contributed by atoms with E-state index in [0.29, 0.717) is 16.4 Å². The summed E-state index contributed by atoms with van der Waals surface area (Å²) in [4.78, 5) is 31.2. The van der Waals surface area contributed by atoms with Gasteiger partial charge in [0.2, 0.25) is 0 Å². The minimum atomic E-state index is -1.06. The smallest absolute Gasteiger partial charge is 0.337 e. The molecule has 2 aromatic rings. The summed E-state index contributed by atoms with van der Waals surface area (Å²) in [5.74, 6) is -1.04. The molecule has 0 saturated heterocycles. The minimum absolute atomic E-state index is 0.0721. The summed E-state index contributed by atoms with van der Waals surface area (Å²) in [6, 6.07) is 2.83. The van der Waals surface area contributed by atoms with Crippen molar-refractivity contribution in [3.05, 3.63) is 39.5 Å². The number of carboxylic acids is 1. The highest BCUT2D eigenvalue weighted by Crippen LogP contribution is 2.18. The standard InChI is InChI=1S/C12H11N3O3S/c1-6-10(19-7(2)14-6)11(16)15-9-4-3-8(5-13-9)12(17)18/h3-5H,1-2H3,(H,17,18)(H,13,15,16). The van der Waals surface area contributed by atoms with Gasteiger partial charge in [-0.2, -0.15) is 0 Å². The van der Waals surface area contributed by atoms with Crippen LogP contribution in [-0.2, 0) is 0 Å². The van der Waals surface area contributed by atoms with E-state index in [0.717, 1.165) is 5.01 Å². The number of aromatic carboxylic acids is 1. The molecule has 0 saturated carbocycles. The molecule has 1 amide bonds. The van der Waals surface area contributed by atoms with Crippen molar-refractivity contribution in [2.45, 2.75) is 13.8 Å². The van der Waals surface area contributed by atoms with Crippen LogP contribution in [0.1, 0.15) is 30.7 Å². The maximum absolute atomic E-state index is 12.0. The highest BCUT2D eigenvalue weighted by molar-refractivity contribution is 7.13. The summed E-state index contributed by atoms with van der Waals surface area (Å²) in [7, 11) is 0. The van der Waals surface area contributed by atoms with Crippen LogP contribution in [0.4, 0.5) is 5.82 Å². The molecule has 2 aromatic heterocycles. The van der Waals surface area contributed by atoms with Crippen molar-refractivity contribution >= 4 is 29.0 Å². The molecule has 0 aliphatic rings. The summed E-state index contributed by atoms with van der Waals surface area (Å²) in [5, 5.41) is 12.2. The predicted octanol–water partition coefficient (Wildman–Crippen LogP) is 2.11. The fraction of sp³-hybridized carbons (Fsp3) is 0.167. The molecule has 0 fully saturated rings. The number of rotatable bonds is 3. The average molecular weight is 277 g/mol. The number of nitrogens with zero attached hydrogens (tertiary/aromatic N) is 2. The lowest BCUT2D eigenvalue weighted by atomic mass is 10.3. The van der Waals surface area contributed by atoms with Crippen molar-refractivity contribution in [3.8, 4) is 0 Å². The molecule has 0 atom stereocenters. The Bertz CT molecular complexity index is 634. The van der Waals surface area contributed by atoms with E-state index in [2.05, 4.69) is 15.3 Å². The number of aryl methyl sites for hydroxylation is 2. The van der Waals surface area contributed by atoms with E-state index in [1.165, 1.54) is 29.7 Å². The van der Waals surface area contributed by atoms with Crippen LogP contribution >= 0.6 is 11.3 Å². The number of carbonyl (C=O) groups is 2. The van der Waals surface area contributed by atoms with Crippen LogP contribution in [0.2, 0.25) is 0 Å². The molecule has 0 aliphatic carbocycles. The molecule has 0 unspecified atom stereocenters. The van der Waals surface area contributed by atoms with Gasteiger partial charge in [0.15, 0.2) is 0 Å². The largest absolute Gasteiger partial charge is 0.478 e. The molecular weight excluding hydrogens is 266 g/mol. The van der Waals surface area contributed by atoms with Crippen LogP contribution in [0.3, 0.4) is 0 Å². The van der Waals surface area contributed by atoms with Gasteiger partial charge in [0.05, 0.1) is 16.3 Å². The second-order valence-electron chi connectivity index (χ2n) is 3.84. The Hall–Kier alpha value is -2.28. The number of aromatic nitrogens is 2. The molecule has 19 heavy (non-hydrogen) atoms. The number of thiazole rings is 1. The zero-order valence-corrected chi connectivity index (χ0v) is 11.1. The Kier molecular flexibility index (Phi) is 3.57. The molecule has 2 heterocycles. The van der Waals surface area contributed by atoms with E-state index >= 15 is 0 Å². The summed E-state index contributed by atoms with van der Waals surface area (Å²) in [5.41, 5.74) is 0.741. The molecule has 7 heteroatoms. The summed E-state index contributed by atoms with van der Waals surface area (Å²) >= 11 is 1.30. The van der Waals surface area contributed by atoms with Gasteiger partial charge in [-0.3, -0.25) is 4.79 Å². The molecule has 0 aliphatic heterocycles. The normalized spacial score (nSPS) is 10.2. The van der Waals surface area contributed by atoms with E-state index < -0.39 is 5.97 Å². The van der Waals surface area contributed by atoms with Crippen molar-refractivity contribution in [1.82, 2.24) is 9.97 Å². The van der Waals surface area contributed by atoms with E-state index in [-0.39, 0.29) is 11.5 Å². The first-order chi connectivity index (χ1) is 8.97. The van der Waals surface area contributed by atoms with Crippen LogP contribution < -0.4 is 5.32 Å². The van der Waals surface area contributed by atoms with Gasteiger partial charge in [0.25, 0.3) is 5.91 Å². The quantitative estimate of drug-likeness (QED) is 0.896. The van der Waals surface area contributed by atoms with Crippen LogP contribution in [0.5, 0.6) is 0 Å². The average Bonchev–Trinajstić information content (AvgIpc) is 2.69. The third-order valence-corrected chi connectivity index (χ3v) is 3.43. The number of anilines is 1. The zero-order chi connectivity index (χ0) is 14.0. The molecule has 2 N–H and O–H groups in total. The SMILES string of the molecule is Cc1nc(C)c(C(=O)Nc2ccc(C(=O)O)cn2)s1. The van der Waals surface area contributed by atoms with Gasteiger partial charge in [0, 0.05) is 6.20 Å². The number of pyridine rings is 1. The van der Waals surface area contributed by atoms with E-state index in [9.17, 15) is 9.59 Å². The number of amides is 1. The maximum Gasteiger partial charge on any atom is 0.337 e. The van der Waals surface area contributed by atoms with Gasteiger partial charge >= 0.3 is 5.97 Å². The Labute approximate surface area is 113 Å². The number of nitrogens with one attached hydrogen (secondary N) is 1. The van der Waals surface area contributed by atoms with Crippen molar-refractivity contribution < 1.29 is 14.7 Å². The third kappa shape index (κ3) is 2.94.